The van der Waals surface area contributed by atoms with Crippen LogP contribution in [0.25, 0.3) is 0 Å². The first kappa shape index (κ1) is 10.5. The fourth-order valence-electron chi connectivity index (χ4n) is 1.88. The van der Waals surface area contributed by atoms with Crippen LogP contribution in [0.2, 0.25) is 0 Å². The van der Waals surface area contributed by atoms with Crippen molar-refractivity contribution in [3.8, 4) is 0 Å². The van der Waals surface area contributed by atoms with Gasteiger partial charge < -0.3 is 5.32 Å². The van der Waals surface area contributed by atoms with Crippen molar-refractivity contribution in [3.63, 3.8) is 0 Å². The third-order valence-corrected chi connectivity index (χ3v) is 2.58. The molecule has 0 aliphatic carbocycles. The van der Waals surface area contributed by atoms with Crippen LogP contribution in [-0.4, -0.2) is 36.3 Å². The van der Waals surface area contributed by atoms with E-state index >= 15 is 0 Å². The summed E-state index contributed by atoms with van der Waals surface area (Å²) in [7, 11) is 0. The molecule has 0 aromatic carbocycles. The predicted molar refractivity (Wildman–Crippen MR) is 58.2 cm³/mol. The number of piperazine rings is 1. The van der Waals surface area contributed by atoms with Crippen molar-refractivity contribution in [1.82, 2.24) is 15.4 Å². The van der Waals surface area contributed by atoms with Crippen LogP contribution >= 0.6 is 0 Å². The van der Waals surface area contributed by atoms with Crippen LogP contribution in [0, 0.1) is 0 Å². The molecule has 2 heterocycles. The highest BCUT2D eigenvalue weighted by atomic mass is 16.7. The fourth-order valence-corrected chi connectivity index (χ4v) is 1.88. The number of rotatable bonds is 3. The van der Waals surface area contributed by atoms with Crippen LogP contribution in [-0.2, 0) is 4.84 Å². The van der Waals surface area contributed by atoms with Crippen molar-refractivity contribution in [2.45, 2.75) is 13.0 Å². The van der Waals surface area contributed by atoms with Crippen molar-refractivity contribution >= 4 is 0 Å². The zero-order chi connectivity index (χ0) is 10.5. The Kier molecular flexibility index (Phi) is 3.66. The first-order valence-corrected chi connectivity index (χ1v) is 5.42. The molecule has 1 aromatic heterocycles. The van der Waals surface area contributed by atoms with E-state index in [2.05, 4.69) is 15.4 Å². The summed E-state index contributed by atoms with van der Waals surface area (Å²) in [6, 6.07) is 4.40. The van der Waals surface area contributed by atoms with E-state index in [1.807, 2.05) is 31.5 Å². The van der Waals surface area contributed by atoms with Gasteiger partial charge in [-0.15, -0.1) is 0 Å². The van der Waals surface area contributed by atoms with Crippen LogP contribution in [0.1, 0.15) is 18.5 Å². The lowest BCUT2D eigenvalue weighted by molar-refractivity contribution is -0.191. The third kappa shape index (κ3) is 2.53. The molecule has 4 heteroatoms. The van der Waals surface area contributed by atoms with Crippen molar-refractivity contribution < 1.29 is 4.84 Å². The Bertz CT molecular complexity index is 289. The largest absolute Gasteiger partial charge is 0.313 e. The van der Waals surface area contributed by atoms with Gasteiger partial charge in [0.05, 0.1) is 12.6 Å². The summed E-state index contributed by atoms with van der Waals surface area (Å²) in [6.07, 6.45) is 3.65. The number of hydrogen-bond acceptors (Lipinski definition) is 4. The summed E-state index contributed by atoms with van der Waals surface area (Å²) in [5.74, 6) is 0. The van der Waals surface area contributed by atoms with Crippen molar-refractivity contribution in [2.75, 3.05) is 26.2 Å². The minimum absolute atomic E-state index is 0.307. The maximum Gasteiger partial charge on any atom is 0.0728 e. The van der Waals surface area contributed by atoms with Crippen LogP contribution in [0.15, 0.2) is 24.5 Å². The molecule has 82 valence electrons. The molecule has 0 bridgehead atoms. The van der Waals surface area contributed by atoms with Gasteiger partial charge in [-0.2, -0.15) is 5.06 Å². The first-order valence-electron chi connectivity index (χ1n) is 5.42. The number of hydroxylamine groups is 2. The average molecular weight is 207 g/mol. The molecule has 15 heavy (non-hydrogen) atoms. The molecule has 0 saturated carbocycles. The van der Waals surface area contributed by atoms with Gasteiger partial charge in [0.2, 0.25) is 0 Å². The van der Waals surface area contributed by atoms with Gasteiger partial charge in [0, 0.05) is 32.0 Å². The summed E-state index contributed by atoms with van der Waals surface area (Å²) < 4.78 is 0. The van der Waals surface area contributed by atoms with Crippen LogP contribution < -0.4 is 5.32 Å². The maximum absolute atomic E-state index is 5.62. The Labute approximate surface area is 90.2 Å². The predicted octanol–water partition coefficient (Wildman–Crippen LogP) is 0.979. The summed E-state index contributed by atoms with van der Waals surface area (Å²) in [5, 5.41) is 5.44. The van der Waals surface area contributed by atoms with E-state index in [-0.39, 0.29) is 0 Å². The van der Waals surface area contributed by atoms with E-state index in [9.17, 15) is 0 Å². The van der Waals surface area contributed by atoms with Crippen molar-refractivity contribution in [1.29, 1.82) is 0 Å². The molecule has 0 spiro atoms. The second-order valence-electron chi connectivity index (χ2n) is 3.56. The molecule has 1 fully saturated rings. The molecule has 1 unspecified atom stereocenters. The lowest BCUT2D eigenvalue weighted by Gasteiger charge is -2.34. The Morgan fingerprint density at radius 2 is 2.33 bits per heavy atom. The minimum Gasteiger partial charge on any atom is -0.313 e. The smallest absolute Gasteiger partial charge is 0.0728 e. The Morgan fingerprint density at radius 1 is 1.53 bits per heavy atom. The highest BCUT2D eigenvalue weighted by molar-refractivity contribution is 5.15. The zero-order valence-corrected chi connectivity index (χ0v) is 9.02. The fraction of sp³-hybridized carbons (Fsp3) is 0.545. The molecule has 4 nitrogen and oxygen atoms in total. The standard InChI is InChI=1S/C11H17N3O/c1-2-15-14-8-7-13-9-11(14)10-3-5-12-6-4-10/h3-6,11,13H,2,7-9H2,1H3. The lowest BCUT2D eigenvalue weighted by Crippen LogP contribution is -2.45. The summed E-state index contributed by atoms with van der Waals surface area (Å²) >= 11 is 0. The monoisotopic (exact) mass is 207 g/mol. The summed E-state index contributed by atoms with van der Waals surface area (Å²) in [6.45, 7) is 5.60. The number of pyridine rings is 1. The normalized spacial score (nSPS) is 22.9. The second kappa shape index (κ2) is 5.21. The van der Waals surface area contributed by atoms with Gasteiger partial charge in [-0.25, -0.2) is 0 Å². The summed E-state index contributed by atoms with van der Waals surface area (Å²) in [4.78, 5) is 9.65. The molecule has 0 radical (unpaired) electrons. The Balaban J connectivity index is 2.11. The Morgan fingerprint density at radius 3 is 3.07 bits per heavy atom. The lowest BCUT2D eigenvalue weighted by atomic mass is 10.1. The highest BCUT2D eigenvalue weighted by Gasteiger charge is 2.23. The topological polar surface area (TPSA) is 37.4 Å². The molecule has 1 N–H and O–H groups in total. The van der Waals surface area contributed by atoms with Crippen LogP contribution in [0.3, 0.4) is 0 Å². The number of nitrogens with one attached hydrogen (secondary N) is 1. The maximum atomic E-state index is 5.62. The molecule has 1 aliphatic heterocycles. The summed E-state index contributed by atoms with van der Waals surface area (Å²) in [5.41, 5.74) is 1.26. The molecular formula is C11H17N3O. The average Bonchev–Trinajstić information content (AvgIpc) is 2.31. The number of aromatic nitrogens is 1. The van der Waals surface area contributed by atoms with Crippen molar-refractivity contribution in [3.05, 3.63) is 30.1 Å². The van der Waals surface area contributed by atoms with Gasteiger partial charge in [-0.05, 0) is 24.6 Å². The SMILES string of the molecule is CCON1CCNCC1c1ccncc1. The van der Waals surface area contributed by atoms with Gasteiger partial charge in [0.15, 0.2) is 0 Å². The quantitative estimate of drug-likeness (QED) is 0.801. The van der Waals surface area contributed by atoms with Gasteiger partial charge in [-0.1, -0.05) is 0 Å². The molecule has 1 saturated heterocycles. The molecule has 0 amide bonds. The number of nitrogens with zero attached hydrogens (tertiary/aromatic N) is 2. The third-order valence-electron chi connectivity index (χ3n) is 2.58. The van der Waals surface area contributed by atoms with E-state index in [0.717, 1.165) is 26.2 Å². The molecular weight excluding hydrogens is 190 g/mol. The molecule has 1 atom stereocenters. The number of hydrogen-bond donors (Lipinski definition) is 1. The van der Waals surface area contributed by atoms with Gasteiger partial charge >= 0.3 is 0 Å². The molecule has 1 aliphatic rings. The Hall–Kier alpha value is -0.970. The zero-order valence-electron chi connectivity index (χ0n) is 9.02. The van der Waals surface area contributed by atoms with Crippen LogP contribution in [0.4, 0.5) is 0 Å². The van der Waals surface area contributed by atoms with E-state index in [1.165, 1.54) is 5.56 Å². The first-order chi connectivity index (χ1) is 7.42. The van der Waals surface area contributed by atoms with Gasteiger partial charge in [0.1, 0.15) is 0 Å². The van der Waals surface area contributed by atoms with Crippen LogP contribution in [0.5, 0.6) is 0 Å². The highest BCUT2D eigenvalue weighted by Crippen LogP contribution is 2.21. The molecule has 1 aromatic rings. The van der Waals surface area contributed by atoms with E-state index < -0.39 is 0 Å². The minimum atomic E-state index is 0.307. The van der Waals surface area contributed by atoms with Gasteiger partial charge in [0.25, 0.3) is 0 Å². The van der Waals surface area contributed by atoms with E-state index in [1.54, 1.807) is 0 Å². The van der Waals surface area contributed by atoms with Gasteiger partial charge in [-0.3, -0.25) is 9.82 Å². The van der Waals surface area contributed by atoms with E-state index in [4.69, 9.17) is 4.84 Å². The molecule has 2 rings (SSSR count). The second-order valence-corrected chi connectivity index (χ2v) is 3.56. The van der Waals surface area contributed by atoms with Crippen molar-refractivity contribution in [2.24, 2.45) is 0 Å². The van der Waals surface area contributed by atoms with E-state index in [0.29, 0.717) is 6.04 Å².